The van der Waals surface area contributed by atoms with Crippen LogP contribution in [0.25, 0.3) is 0 Å². The van der Waals surface area contributed by atoms with Crippen LogP contribution in [0.2, 0.25) is 0 Å². The second kappa shape index (κ2) is 7.03. The zero-order valence-corrected chi connectivity index (χ0v) is 14.9. The van der Waals surface area contributed by atoms with E-state index < -0.39 is 15.1 Å². The molecule has 0 aromatic heterocycles. The van der Waals surface area contributed by atoms with Crippen LogP contribution in [-0.2, 0) is 14.6 Å². The number of carbonyl (C=O) groups is 2. The van der Waals surface area contributed by atoms with E-state index in [-0.39, 0.29) is 29.8 Å². The van der Waals surface area contributed by atoms with E-state index in [0.717, 1.165) is 11.3 Å². The number of anilines is 1. The van der Waals surface area contributed by atoms with Crippen molar-refractivity contribution in [2.75, 3.05) is 11.1 Å². The summed E-state index contributed by atoms with van der Waals surface area (Å²) in [7, 11) is -3.20. The monoisotopic (exact) mass is 365 g/mol. The molecule has 0 radical (unpaired) electrons. The number of fused-ring (bicyclic) bond motifs is 1. The van der Waals surface area contributed by atoms with Gasteiger partial charge < -0.3 is 16.0 Å². The molecule has 3 rings (SSSR count). The molecule has 3 N–H and O–H groups in total. The molecule has 1 aromatic rings. The van der Waals surface area contributed by atoms with Crippen LogP contribution in [0.4, 0.5) is 10.5 Å². The second-order valence-electron chi connectivity index (χ2n) is 6.73. The van der Waals surface area contributed by atoms with Crippen molar-refractivity contribution in [1.29, 1.82) is 0 Å². The molecule has 0 saturated carbocycles. The summed E-state index contributed by atoms with van der Waals surface area (Å²) in [4.78, 5) is 23.4. The quantitative estimate of drug-likeness (QED) is 0.523. The van der Waals surface area contributed by atoms with E-state index in [2.05, 4.69) is 16.0 Å². The predicted molar refractivity (Wildman–Crippen MR) is 95.1 cm³/mol. The minimum atomic E-state index is -3.20. The van der Waals surface area contributed by atoms with Crippen LogP contribution >= 0.6 is 0 Å². The number of sulfone groups is 1. The van der Waals surface area contributed by atoms with Crippen molar-refractivity contribution in [2.45, 2.75) is 49.9 Å². The Hall–Kier alpha value is -2.09. The highest BCUT2D eigenvalue weighted by Crippen LogP contribution is 2.28. The maximum atomic E-state index is 12.2. The molecule has 3 atom stereocenters. The van der Waals surface area contributed by atoms with Gasteiger partial charge in [-0.2, -0.15) is 0 Å². The Morgan fingerprint density at radius 3 is 2.76 bits per heavy atom. The van der Waals surface area contributed by atoms with Crippen LogP contribution < -0.4 is 16.0 Å². The van der Waals surface area contributed by atoms with Crippen LogP contribution in [0.15, 0.2) is 24.3 Å². The third-order valence-electron chi connectivity index (χ3n) is 4.88. The molecule has 2 heterocycles. The molecule has 0 spiro atoms. The van der Waals surface area contributed by atoms with Gasteiger partial charge in [-0.1, -0.05) is 24.6 Å². The first kappa shape index (κ1) is 17.7. The largest absolute Gasteiger partial charge is 0.332 e. The van der Waals surface area contributed by atoms with Crippen molar-refractivity contribution in [3.8, 4) is 0 Å². The van der Waals surface area contributed by atoms with Gasteiger partial charge in [-0.3, -0.25) is 4.79 Å². The zero-order valence-electron chi connectivity index (χ0n) is 14.1. The van der Waals surface area contributed by atoms with Gasteiger partial charge in [-0.05, 0) is 31.4 Å². The van der Waals surface area contributed by atoms with Gasteiger partial charge in [0.2, 0.25) is 5.91 Å². The molecule has 2 aliphatic rings. The molecule has 7 nitrogen and oxygen atoms in total. The molecule has 0 aliphatic carbocycles. The van der Waals surface area contributed by atoms with Gasteiger partial charge in [0.25, 0.3) is 0 Å². The zero-order chi connectivity index (χ0) is 18.0. The minimum absolute atomic E-state index is 0.00512. The number of urea groups is 1. The van der Waals surface area contributed by atoms with Gasteiger partial charge in [0.05, 0.1) is 23.1 Å². The summed E-state index contributed by atoms with van der Waals surface area (Å²) in [5.74, 6) is -0.0771. The van der Waals surface area contributed by atoms with Gasteiger partial charge >= 0.3 is 6.03 Å². The van der Waals surface area contributed by atoms with Crippen molar-refractivity contribution < 1.29 is 18.0 Å². The van der Waals surface area contributed by atoms with Gasteiger partial charge in [0.15, 0.2) is 9.84 Å². The highest BCUT2D eigenvalue weighted by molar-refractivity contribution is 7.92. The average molecular weight is 365 g/mol. The number of unbranched alkanes of at least 4 members (excludes halogenated alkanes) is 1. The first-order valence-corrected chi connectivity index (χ1v) is 10.2. The van der Waals surface area contributed by atoms with E-state index in [1.165, 1.54) is 0 Å². The number of carbonyl (C=O) groups excluding carboxylic acids is 2. The lowest BCUT2D eigenvalue weighted by molar-refractivity contribution is -0.116. The van der Waals surface area contributed by atoms with Crippen molar-refractivity contribution in [1.82, 2.24) is 10.6 Å². The van der Waals surface area contributed by atoms with Crippen LogP contribution in [0, 0.1) is 6.92 Å². The minimum Gasteiger partial charge on any atom is -0.332 e. The van der Waals surface area contributed by atoms with E-state index in [0.29, 0.717) is 25.7 Å². The fourth-order valence-electron chi connectivity index (χ4n) is 3.56. The van der Waals surface area contributed by atoms with E-state index in [1.54, 1.807) is 0 Å². The fraction of sp³-hybridized carbons (Fsp3) is 0.529. The molecule has 2 fully saturated rings. The van der Waals surface area contributed by atoms with Gasteiger partial charge in [0.1, 0.15) is 0 Å². The van der Waals surface area contributed by atoms with E-state index in [1.807, 2.05) is 31.2 Å². The molecule has 3 amide bonds. The summed E-state index contributed by atoms with van der Waals surface area (Å²) in [5, 5.41) is 7.67. The molecule has 136 valence electrons. The first-order chi connectivity index (χ1) is 11.9. The summed E-state index contributed by atoms with van der Waals surface area (Å²) in [6, 6.07) is 6.60. The Morgan fingerprint density at radius 2 is 2.00 bits per heavy atom. The summed E-state index contributed by atoms with van der Waals surface area (Å²) < 4.78 is 24.4. The van der Waals surface area contributed by atoms with Gasteiger partial charge in [-0.25, -0.2) is 13.2 Å². The molecule has 2 saturated heterocycles. The van der Waals surface area contributed by atoms with Crippen LogP contribution in [0.5, 0.6) is 0 Å². The third kappa shape index (κ3) is 3.95. The second-order valence-corrected chi connectivity index (χ2v) is 8.99. The maximum absolute atomic E-state index is 12.2. The molecule has 0 unspecified atom stereocenters. The average Bonchev–Trinajstić information content (AvgIpc) is 2.98. The number of hydrogen-bond donors (Lipinski definition) is 3. The number of benzene rings is 1. The smallest absolute Gasteiger partial charge is 0.315 e. The van der Waals surface area contributed by atoms with E-state index in [9.17, 15) is 18.0 Å². The van der Waals surface area contributed by atoms with Crippen LogP contribution in [0.1, 0.15) is 31.2 Å². The molecule has 2 aliphatic heterocycles. The SMILES string of the molecule is Cc1ccccc1NC(=O)CCCC[C@@H]1[C@@H]2NC(=O)N[C@H]2CS1(=O)=O. The van der Waals surface area contributed by atoms with Crippen molar-refractivity contribution in [3.05, 3.63) is 29.8 Å². The molecule has 1 aromatic carbocycles. The molecule has 25 heavy (non-hydrogen) atoms. The molecular formula is C17H23N3O4S. The first-order valence-electron chi connectivity index (χ1n) is 8.51. The standard InChI is InChI=1S/C17H23N3O4S/c1-11-6-2-3-7-12(11)18-15(21)9-5-4-8-14-16-13(10-25(14,23)24)19-17(22)20-16/h2-3,6-7,13-14,16H,4-5,8-10H2,1H3,(H,18,21)(H2,19,20,22)/t13-,14+,16+/m0/s1. The fourth-order valence-corrected chi connectivity index (χ4v) is 5.83. The lowest BCUT2D eigenvalue weighted by Crippen LogP contribution is -2.39. The molecule has 0 bridgehead atoms. The topological polar surface area (TPSA) is 104 Å². The lowest BCUT2D eigenvalue weighted by atomic mass is 10.0. The van der Waals surface area contributed by atoms with E-state index >= 15 is 0 Å². The van der Waals surface area contributed by atoms with E-state index in [4.69, 9.17) is 0 Å². The summed E-state index contributed by atoms with van der Waals surface area (Å²) in [6.45, 7) is 1.93. The third-order valence-corrected chi connectivity index (χ3v) is 7.16. The summed E-state index contributed by atoms with van der Waals surface area (Å²) >= 11 is 0. The van der Waals surface area contributed by atoms with Gasteiger partial charge in [0, 0.05) is 12.1 Å². The van der Waals surface area contributed by atoms with Crippen molar-refractivity contribution in [3.63, 3.8) is 0 Å². The Balaban J connectivity index is 1.46. The number of aryl methyl sites for hydroxylation is 1. The molecule has 8 heteroatoms. The van der Waals surface area contributed by atoms with Gasteiger partial charge in [-0.15, -0.1) is 0 Å². The number of hydrogen-bond acceptors (Lipinski definition) is 4. The Morgan fingerprint density at radius 1 is 1.24 bits per heavy atom. The highest BCUT2D eigenvalue weighted by Gasteiger charge is 2.51. The maximum Gasteiger partial charge on any atom is 0.315 e. The predicted octanol–water partition coefficient (Wildman–Crippen LogP) is 1.34. The van der Waals surface area contributed by atoms with Crippen LogP contribution in [-0.4, -0.2) is 43.4 Å². The Labute approximate surface area is 147 Å². The Kier molecular flexibility index (Phi) is 4.99. The number of para-hydroxylation sites is 1. The Bertz CT molecular complexity index is 778. The normalized spacial score (nSPS) is 26.6. The lowest BCUT2D eigenvalue weighted by Gasteiger charge is -2.16. The summed E-state index contributed by atoms with van der Waals surface area (Å²) in [6.07, 6.45) is 2.05. The number of rotatable bonds is 6. The van der Waals surface area contributed by atoms with Crippen molar-refractivity contribution in [2.24, 2.45) is 0 Å². The summed E-state index contributed by atoms with van der Waals surface area (Å²) in [5.41, 5.74) is 1.80. The number of nitrogens with one attached hydrogen (secondary N) is 3. The highest BCUT2D eigenvalue weighted by atomic mass is 32.2. The molecular weight excluding hydrogens is 342 g/mol. The van der Waals surface area contributed by atoms with Crippen molar-refractivity contribution >= 4 is 27.5 Å². The van der Waals surface area contributed by atoms with Crippen LogP contribution in [0.3, 0.4) is 0 Å². The number of amides is 3.